The molecule has 4 nitrogen and oxygen atoms in total. The number of aromatic nitrogens is 2. The summed E-state index contributed by atoms with van der Waals surface area (Å²) >= 11 is 12.9. The first kappa shape index (κ1) is 14.1. The summed E-state index contributed by atoms with van der Waals surface area (Å²) in [6, 6.07) is 6.02. The summed E-state index contributed by atoms with van der Waals surface area (Å²) in [4.78, 5) is 29.5. The molecule has 1 aromatic carbocycles. The third kappa shape index (κ3) is 3.83. The van der Waals surface area contributed by atoms with Crippen LogP contribution in [0.15, 0.2) is 40.4 Å². The highest BCUT2D eigenvalue weighted by molar-refractivity contribution is 7.99. The summed E-state index contributed by atoms with van der Waals surface area (Å²) in [7, 11) is 0. The van der Waals surface area contributed by atoms with Crippen LogP contribution in [0.2, 0.25) is 10.0 Å². The van der Waals surface area contributed by atoms with E-state index in [1.165, 1.54) is 18.3 Å². The Labute approximate surface area is 123 Å². The average molecular weight is 315 g/mol. The quantitative estimate of drug-likeness (QED) is 0.535. The van der Waals surface area contributed by atoms with E-state index in [1.807, 2.05) is 0 Å². The molecule has 0 spiro atoms. The van der Waals surface area contributed by atoms with Crippen LogP contribution in [0.25, 0.3) is 0 Å². The van der Waals surface area contributed by atoms with Crippen LogP contribution in [0, 0.1) is 0 Å². The Morgan fingerprint density at radius 1 is 1.32 bits per heavy atom. The molecule has 1 aromatic heterocycles. The molecule has 7 heteroatoms. The number of Topliss-reactive ketones (excluding diaryl/α,β-unsaturated/α-hetero) is 1. The molecule has 0 bridgehead atoms. The second kappa shape index (κ2) is 6.23. The van der Waals surface area contributed by atoms with Crippen molar-refractivity contribution in [3.63, 3.8) is 0 Å². The zero-order valence-electron chi connectivity index (χ0n) is 9.52. The molecular formula is C12H8Cl2N2O2S. The van der Waals surface area contributed by atoms with Crippen molar-refractivity contribution < 1.29 is 4.79 Å². The lowest BCUT2D eigenvalue weighted by Gasteiger charge is -2.03. The largest absolute Gasteiger partial charge is 0.301 e. The van der Waals surface area contributed by atoms with E-state index in [-0.39, 0.29) is 17.1 Å². The van der Waals surface area contributed by atoms with Gasteiger partial charge in [0.1, 0.15) is 0 Å². The lowest BCUT2D eigenvalue weighted by molar-refractivity contribution is 0.102. The van der Waals surface area contributed by atoms with Gasteiger partial charge in [-0.1, -0.05) is 35.0 Å². The third-order valence-corrected chi connectivity index (χ3v) is 3.67. The lowest BCUT2D eigenvalue weighted by atomic mass is 10.1. The van der Waals surface area contributed by atoms with Crippen molar-refractivity contribution in [1.29, 1.82) is 0 Å². The van der Waals surface area contributed by atoms with Crippen molar-refractivity contribution in [2.75, 3.05) is 5.75 Å². The molecule has 98 valence electrons. The maximum absolute atomic E-state index is 12.0. The molecule has 0 saturated heterocycles. The number of ketones is 1. The number of hydrogen-bond acceptors (Lipinski definition) is 4. The van der Waals surface area contributed by atoms with Gasteiger partial charge in [0.25, 0.3) is 5.56 Å². The van der Waals surface area contributed by atoms with Crippen LogP contribution in [-0.2, 0) is 0 Å². The standard InChI is InChI=1S/C12H8Cl2N2O2S/c13-7-1-2-9(14)8(5-7)10(17)6-19-12-15-4-3-11(18)16-12/h1-5H,6H2,(H,15,16,18). The van der Waals surface area contributed by atoms with Gasteiger partial charge >= 0.3 is 0 Å². The Morgan fingerprint density at radius 3 is 2.84 bits per heavy atom. The monoisotopic (exact) mass is 314 g/mol. The van der Waals surface area contributed by atoms with Gasteiger partial charge in [-0.2, -0.15) is 0 Å². The summed E-state index contributed by atoms with van der Waals surface area (Å²) in [6.07, 6.45) is 1.39. The topological polar surface area (TPSA) is 62.8 Å². The van der Waals surface area contributed by atoms with Crippen molar-refractivity contribution in [3.05, 3.63) is 56.4 Å². The van der Waals surface area contributed by atoms with Crippen molar-refractivity contribution in [3.8, 4) is 0 Å². The predicted octanol–water partition coefficient (Wildman–Crippen LogP) is 3.05. The molecule has 0 radical (unpaired) electrons. The van der Waals surface area contributed by atoms with Gasteiger partial charge in [-0.15, -0.1) is 0 Å². The van der Waals surface area contributed by atoms with Crippen molar-refractivity contribution >= 4 is 40.7 Å². The van der Waals surface area contributed by atoms with E-state index in [1.54, 1.807) is 12.1 Å². The second-order valence-electron chi connectivity index (χ2n) is 3.58. The van der Waals surface area contributed by atoms with E-state index in [2.05, 4.69) is 9.97 Å². The summed E-state index contributed by atoms with van der Waals surface area (Å²) in [5, 5.41) is 1.19. The molecule has 1 heterocycles. The molecule has 0 amide bonds. The number of H-pyrrole nitrogens is 1. The van der Waals surface area contributed by atoms with Gasteiger partial charge in [0, 0.05) is 22.8 Å². The summed E-state index contributed by atoms with van der Waals surface area (Å²) in [5.41, 5.74) is 0.102. The van der Waals surface area contributed by atoms with Crippen LogP contribution < -0.4 is 5.56 Å². The highest BCUT2D eigenvalue weighted by Gasteiger charge is 2.12. The van der Waals surface area contributed by atoms with E-state index in [4.69, 9.17) is 23.2 Å². The number of carbonyl (C=O) groups excluding carboxylic acids is 1. The maximum atomic E-state index is 12.0. The van der Waals surface area contributed by atoms with E-state index in [0.717, 1.165) is 11.8 Å². The van der Waals surface area contributed by atoms with E-state index < -0.39 is 0 Å². The predicted molar refractivity (Wildman–Crippen MR) is 76.4 cm³/mol. The van der Waals surface area contributed by atoms with Crippen LogP contribution in [0.4, 0.5) is 0 Å². The third-order valence-electron chi connectivity index (χ3n) is 2.22. The molecule has 0 fully saturated rings. The van der Waals surface area contributed by atoms with Crippen LogP contribution in [0.1, 0.15) is 10.4 Å². The highest BCUT2D eigenvalue weighted by Crippen LogP contribution is 2.23. The normalized spacial score (nSPS) is 10.4. The first-order valence-electron chi connectivity index (χ1n) is 5.22. The molecule has 0 aliphatic carbocycles. The smallest absolute Gasteiger partial charge is 0.251 e. The van der Waals surface area contributed by atoms with Gasteiger partial charge in [0.2, 0.25) is 0 Å². The number of rotatable bonds is 4. The first-order valence-corrected chi connectivity index (χ1v) is 6.97. The lowest BCUT2D eigenvalue weighted by Crippen LogP contribution is -2.08. The van der Waals surface area contributed by atoms with Crippen LogP contribution in [-0.4, -0.2) is 21.5 Å². The Balaban J connectivity index is 2.09. The minimum absolute atomic E-state index is 0.118. The Kier molecular flexibility index (Phi) is 4.63. The Bertz CT molecular complexity index is 673. The number of halogens is 2. The molecule has 0 saturated carbocycles. The summed E-state index contributed by atoms with van der Waals surface area (Å²) in [6.45, 7) is 0. The van der Waals surface area contributed by atoms with E-state index in [9.17, 15) is 9.59 Å². The van der Waals surface area contributed by atoms with E-state index >= 15 is 0 Å². The number of nitrogens with zero attached hydrogens (tertiary/aromatic N) is 1. The van der Waals surface area contributed by atoms with Crippen LogP contribution >= 0.6 is 35.0 Å². The van der Waals surface area contributed by atoms with E-state index in [0.29, 0.717) is 20.8 Å². The van der Waals surface area contributed by atoms with Crippen molar-refractivity contribution in [2.45, 2.75) is 5.16 Å². The molecule has 19 heavy (non-hydrogen) atoms. The fourth-order valence-corrected chi connectivity index (χ4v) is 2.47. The molecule has 0 atom stereocenters. The molecule has 1 N–H and O–H groups in total. The molecule has 0 unspecified atom stereocenters. The zero-order chi connectivity index (χ0) is 13.8. The minimum atomic E-state index is -0.259. The van der Waals surface area contributed by atoms with Gasteiger partial charge in [-0.25, -0.2) is 4.98 Å². The van der Waals surface area contributed by atoms with Crippen LogP contribution in [0.5, 0.6) is 0 Å². The molecule has 2 rings (SSSR count). The number of benzene rings is 1. The highest BCUT2D eigenvalue weighted by atomic mass is 35.5. The first-order chi connectivity index (χ1) is 9.06. The fourth-order valence-electron chi connectivity index (χ4n) is 1.35. The van der Waals surface area contributed by atoms with Gasteiger partial charge in [-0.3, -0.25) is 9.59 Å². The molecule has 0 aliphatic heterocycles. The molecule has 0 aliphatic rings. The SMILES string of the molecule is O=C(CSc1nccc(=O)[nH]1)c1cc(Cl)ccc1Cl. The zero-order valence-corrected chi connectivity index (χ0v) is 11.9. The van der Waals surface area contributed by atoms with Gasteiger partial charge < -0.3 is 4.98 Å². The van der Waals surface area contributed by atoms with Gasteiger partial charge in [0.05, 0.1) is 10.8 Å². The number of hydrogen-bond donors (Lipinski definition) is 1. The number of thioether (sulfide) groups is 1. The Hall–Kier alpha value is -1.30. The molecular weight excluding hydrogens is 307 g/mol. The fraction of sp³-hybridized carbons (Fsp3) is 0.0833. The second-order valence-corrected chi connectivity index (χ2v) is 5.38. The van der Waals surface area contributed by atoms with Crippen molar-refractivity contribution in [2.24, 2.45) is 0 Å². The number of nitrogens with one attached hydrogen (secondary N) is 1. The Morgan fingerprint density at radius 2 is 2.11 bits per heavy atom. The van der Waals surface area contributed by atoms with Crippen molar-refractivity contribution in [1.82, 2.24) is 9.97 Å². The van der Waals surface area contributed by atoms with Gasteiger partial charge in [-0.05, 0) is 18.2 Å². The van der Waals surface area contributed by atoms with Gasteiger partial charge in [0.15, 0.2) is 10.9 Å². The molecule has 2 aromatic rings. The summed E-state index contributed by atoms with van der Waals surface area (Å²) < 4.78 is 0. The summed E-state index contributed by atoms with van der Waals surface area (Å²) in [5.74, 6) is -0.0588. The van der Waals surface area contributed by atoms with Crippen LogP contribution in [0.3, 0.4) is 0 Å². The maximum Gasteiger partial charge on any atom is 0.251 e. The number of aromatic amines is 1. The average Bonchev–Trinajstić information content (AvgIpc) is 2.39. The minimum Gasteiger partial charge on any atom is -0.301 e. The number of carbonyl (C=O) groups is 1.